The molecule has 1 fully saturated rings. The van der Waals surface area contributed by atoms with Crippen LogP contribution in [0.15, 0.2) is 73.1 Å². The number of carbonyl (C=O) groups excluding carboxylic acids is 2. The lowest BCUT2D eigenvalue weighted by atomic mass is 9.98. The molecule has 6 nitrogen and oxygen atoms in total. The zero-order valence-electron chi connectivity index (χ0n) is 19.1. The van der Waals surface area contributed by atoms with Gasteiger partial charge in [0, 0.05) is 38.4 Å². The van der Waals surface area contributed by atoms with E-state index in [0.717, 1.165) is 28.0 Å². The van der Waals surface area contributed by atoms with E-state index in [2.05, 4.69) is 4.98 Å². The monoisotopic (exact) mass is 443 g/mol. The zero-order valence-corrected chi connectivity index (χ0v) is 19.1. The summed E-state index contributed by atoms with van der Waals surface area (Å²) in [5, 5.41) is 0. The molecule has 0 bridgehead atoms. The average Bonchev–Trinajstić information content (AvgIpc) is 2.86. The summed E-state index contributed by atoms with van der Waals surface area (Å²) in [6, 6.07) is 19.1. The lowest BCUT2D eigenvalue weighted by molar-refractivity contribution is -0.150. The second-order valence-electron chi connectivity index (χ2n) is 8.19. The molecule has 2 heterocycles. The van der Waals surface area contributed by atoms with E-state index in [-0.39, 0.29) is 18.2 Å². The first-order valence-electron chi connectivity index (χ1n) is 11.3. The third-order valence-corrected chi connectivity index (χ3v) is 6.18. The number of aromatic nitrogens is 1. The molecule has 1 unspecified atom stereocenters. The number of rotatable bonds is 7. The number of carbonyl (C=O) groups is 2. The number of amides is 2. The van der Waals surface area contributed by atoms with Crippen molar-refractivity contribution in [3.05, 3.63) is 84.2 Å². The van der Waals surface area contributed by atoms with Crippen molar-refractivity contribution in [2.24, 2.45) is 0 Å². The number of hydrogen-bond acceptors (Lipinski definition) is 4. The van der Waals surface area contributed by atoms with Crippen molar-refractivity contribution < 1.29 is 14.3 Å². The maximum atomic E-state index is 13.2. The van der Waals surface area contributed by atoms with E-state index in [0.29, 0.717) is 26.1 Å². The fraction of sp³-hybridized carbons (Fsp3) is 0.296. The van der Waals surface area contributed by atoms with Gasteiger partial charge in [-0.1, -0.05) is 42.5 Å². The maximum absolute atomic E-state index is 13.2. The van der Waals surface area contributed by atoms with E-state index in [1.165, 1.54) is 0 Å². The molecule has 1 aromatic heterocycles. The minimum atomic E-state index is -0.492. The Kier molecular flexibility index (Phi) is 7.03. The summed E-state index contributed by atoms with van der Waals surface area (Å²) in [5.41, 5.74) is 4.06. The molecule has 0 saturated carbocycles. The van der Waals surface area contributed by atoms with Crippen molar-refractivity contribution >= 4 is 11.8 Å². The highest BCUT2D eigenvalue weighted by atomic mass is 16.5. The molecule has 33 heavy (non-hydrogen) atoms. The Hall–Kier alpha value is -3.67. The van der Waals surface area contributed by atoms with Crippen LogP contribution in [0.3, 0.4) is 0 Å². The van der Waals surface area contributed by atoms with Gasteiger partial charge in [0.25, 0.3) is 0 Å². The SMILES string of the molecule is CCN1CCN(C(=O)Cc2ccc(OC)cc2)C(Cc2ccc(-c3cccnc3)cc2)C1=O. The maximum Gasteiger partial charge on any atom is 0.245 e. The second kappa shape index (κ2) is 10.3. The van der Waals surface area contributed by atoms with Gasteiger partial charge < -0.3 is 14.5 Å². The van der Waals surface area contributed by atoms with Crippen LogP contribution < -0.4 is 4.74 Å². The predicted molar refractivity (Wildman–Crippen MR) is 128 cm³/mol. The number of benzene rings is 2. The van der Waals surface area contributed by atoms with Crippen molar-refractivity contribution in [3.63, 3.8) is 0 Å². The molecular formula is C27H29N3O3. The number of methoxy groups -OCH3 is 1. The van der Waals surface area contributed by atoms with Crippen molar-refractivity contribution in [1.82, 2.24) is 14.8 Å². The summed E-state index contributed by atoms with van der Waals surface area (Å²) in [4.78, 5) is 34.2. The van der Waals surface area contributed by atoms with E-state index in [4.69, 9.17) is 4.74 Å². The standard InChI is InChI=1S/C27H29N3O3/c1-3-29-15-16-30(26(31)18-21-8-12-24(33-2)13-9-21)25(27(29)32)17-20-6-10-22(11-7-20)23-5-4-14-28-19-23/h4-14,19,25H,3,15-18H2,1-2H3. The third kappa shape index (κ3) is 5.22. The lowest BCUT2D eigenvalue weighted by Crippen LogP contribution is -2.59. The van der Waals surface area contributed by atoms with Gasteiger partial charge in [0.15, 0.2) is 0 Å². The van der Waals surface area contributed by atoms with E-state index in [9.17, 15) is 9.59 Å². The Morgan fingerprint density at radius 1 is 1.00 bits per heavy atom. The molecule has 6 heteroatoms. The topological polar surface area (TPSA) is 62.7 Å². The molecule has 2 aromatic carbocycles. The van der Waals surface area contributed by atoms with E-state index in [1.54, 1.807) is 18.2 Å². The molecule has 170 valence electrons. The molecule has 0 spiro atoms. The fourth-order valence-electron chi connectivity index (χ4n) is 4.26. The quantitative estimate of drug-likeness (QED) is 0.560. The molecular weight excluding hydrogens is 414 g/mol. The Labute approximate surface area is 194 Å². The van der Waals surface area contributed by atoms with Gasteiger partial charge in [0.1, 0.15) is 11.8 Å². The van der Waals surface area contributed by atoms with Gasteiger partial charge in [-0.3, -0.25) is 14.6 Å². The van der Waals surface area contributed by atoms with Crippen molar-refractivity contribution in [3.8, 4) is 16.9 Å². The van der Waals surface area contributed by atoms with Crippen LogP contribution in [-0.4, -0.2) is 59.4 Å². The van der Waals surface area contributed by atoms with Gasteiger partial charge in [0.05, 0.1) is 13.5 Å². The van der Waals surface area contributed by atoms with Crippen molar-refractivity contribution in [1.29, 1.82) is 0 Å². The van der Waals surface area contributed by atoms with Gasteiger partial charge in [-0.25, -0.2) is 0 Å². The molecule has 3 aromatic rings. The van der Waals surface area contributed by atoms with Crippen LogP contribution in [0.4, 0.5) is 0 Å². The minimum Gasteiger partial charge on any atom is -0.497 e. The third-order valence-electron chi connectivity index (χ3n) is 6.18. The van der Waals surface area contributed by atoms with Crippen molar-refractivity contribution in [2.45, 2.75) is 25.8 Å². The molecule has 2 amide bonds. The van der Waals surface area contributed by atoms with Crippen LogP contribution in [-0.2, 0) is 22.4 Å². The van der Waals surface area contributed by atoms with Crippen LogP contribution in [0.25, 0.3) is 11.1 Å². The highest BCUT2D eigenvalue weighted by molar-refractivity contribution is 5.90. The lowest BCUT2D eigenvalue weighted by Gasteiger charge is -2.40. The van der Waals surface area contributed by atoms with E-state index < -0.39 is 6.04 Å². The van der Waals surface area contributed by atoms with E-state index >= 15 is 0 Å². The molecule has 0 aliphatic carbocycles. The number of piperazine rings is 1. The second-order valence-corrected chi connectivity index (χ2v) is 8.19. The van der Waals surface area contributed by atoms with Crippen LogP contribution in [0, 0.1) is 0 Å². The number of pyridine rings is 1. The van der Waals surface area contributed by atoms with Gasteiger partial charge in [-0.15, -0.1) is 0 Å². The van der Waals surface area contributed by atoms with Gasteiger partial charge >= 0.3 is 0 Å². The smallest absolute Gasteiger partial charge is 0.245 e. The van der Waals surface area contributed by atoms with Gasteiger partial charge in [-0.2, -0.15) is 0 Å². The molecule has 1 saturated heterocycles. The summed E-state index contributed by atoms with van der Waals surface area (Å²) in [7, 11) is 1.62. The molecule has 1 aliphatic heterocycles. The number of likely N-dealkylation sites (N-methyl/N-ethyl adjacent to an activating group) is 1. The Morgan fingerprint density at radius 2 is 1.73 bits per heavy atom. The largest absolute Gasteiger partial charge is 0.497 e. The first-order valence-corrected chi connectivity index (χ1v) is 11.3. The van der Waals surface area contributed by atoms with Crippen LogP contribution >= 0.6 is 0 Å². The summed E-state index contributed by atoms with van der Waals surface area (Å²) in [6.07, 6.45) is 4.35. The highest BCUT2D eigenvalue weighted by Gasteiger charge is 2.36. The first kappa shape index (κ1) is 22.5. The zero-order chi connectivity index (χ0) is 23.2. The average molecular weight is 444 g/mol. The highest BCUT2D eigenvalue weighted by Crippen LogP contribution is 2.22. The number of hydrogen-bond donors (Lipinski definition) is 0. The molecule has 1 aliphatic rings. The molecule has 4 rings (SSSR count). The normalized spacial score (nSPS) is 16.1. The molecule has 0 N–H and O–H groups in total. The van der Waals surface area contributed by atoms with Gasteiger partial charge in [0.2, 0.25) is 11.8 Å². The van der Waals surface area contributed by atoms with Crippen LogP contribution in [0.1, 0.15) is 18.1 Å². The Balaban J connectivity index is 1.51. The summed E-state index contributed by atoms with van der Waals surface area (Å²) in [5.74, 6) is 0.745. The summed E-state index contributed by atoms with van der Waals surface area (Å²) >= 11 is 0. The first-order chi connectivity index (χ1) is 16.1. The molecule has 0 radical (unpaired) electrons. The summed E-state index contributed by atoms with van der Waals surface area (Å²) in [6.45, 7) is 3.75. The predicted octanol–water partition coefficient (Wildman–Crippen LogP) is 3.60. The molecule has 1 atom stereocenters. The summed E-state index contributed by atoms with van der Waals surface area (Å²) < 4.78 is 5.20. The Bertz CT molecular complexity index is 1080. The number of ether oxygens (including phenoxy) is 1. The fourth-order valence-corrected chi connectivity index (χ4v) is 4.26. The van der Waals surface area contributed by atoms with Crippen LogP contribution in [0.2, 0.25) is 0 Å². The van der Waals surface area contributed by atoms with E-state index in [1.807, 2.05) is 78.7 Å². The van der Waals surface area contributed by atoms with Crippen LogP contribution in [0.5, 0.6) is 5.75 Å². The van der Waals surface area contributed by atoms with Gasteiger partial charge in [-0.05, 0) is 47.4 Å². The minimum absolute atomic E-state index is 0.0168. The Morgan fingerprint density at radius 3 is 2.36 bits per heavy atom. The van der Waals surface area contributed by atoms with Crippen molar-refractivity contribution in [2.75, 3.05) is 26.7 Å². The number of nitrogens with zero attached hydrogens (tertiary/aromatic N) is 3.